The maximum absolute atomic E-state index is 13.5. The largest absolute Gasteiger partial charge is 0.481 e. The van der Waals surface area contributed by atoms with Crippen LogP contribution in [0.4, 0.5) is 0 Å². The molecule has 41 heavy (non-hydrogen) atoms. The molecule has 2 aliphatic carbocycles. The van der Waals surface area contributed by atoms with Gasteiger partial charge in [-0.3, -0.25) is 19.2 Å². The number of hydrogen-bond donors (Lipinski definition) is 2. The molecule has 2 N–H and O–H groups in total. The summed E-state index contributed by atoms with van der Waals surface area (Å²) in [5.74, 6) is -6.77. The van der Waals surface area contributed by atoms with E-state index in [9.17, 15) is 29.4 Å². The summed E-state index contributed by atoms with van der Waals surface area (Å²) in [5, 5.41) is 21.4. The second-order valence-electron chi connectivity index (χ2n) is 10.8. The molecule has 0 amide bonds. The van der Waals surface area contributed by atoms with E-state index in [1.54, 1.807) is 42.5 Å². The fourth-order valence-electron chi connectivity index (χ4n) is 5.84. The normalized spacial score (nSPS) is 22.5. The van der Waals surface area contributed by atoms with Crippen molar-refractivity contribution >= 4 is 57.0 Å². The third-order valence-corrected chi connectivity index (χ3v) is 8.36. The predicted octanol–water partition coefficient (Wildman–Crippen LogP) is 6.57. The highest BCUT2D eigenvalue weighted by atomic mass is 35.5. The summed E-state index contributed by atoms with van der Waals surface area (Å²) in [6, 6.07) is 11.8. The first-order valence-electron chi connectivity index (χ1n) is 13.4. The summed E-state index contributed by atoms with van der Waals surface area (Å²) in [7, 11) is 0. The van der Waals surface area contributed by atoms with Crippen LogP contribution in [0.1, 0.15) is 39.5 Å². The molecule has 3 aromatic rings. The molecule has 0 saturated carbocycles. The van der Waals surface area contributed by atoms with E-state index in [1.165, 1.54) is 0 Å². The second-order valence-corrected chi connectivity index (χ2v) is 11.2. The molecule has 212 valence electrons. The highest BCUT2D eigenvalue weighted by Gasteiger charge is 2.39. The first-order chi connectivity index (χ1) is 19.6. The summed E-state index contributed by atoms with van der Waals surface area (Å²) in [6.07, 6.45) is 4.69. The van der Waals surface area contributed by atoms with Gasteiger partial charge in [-0.25, -0.2) is 0 Å². The van der Waals surface area contributed by atoms with E-state index in [-0.39, 0.29) is 42.2 Å². The Morgan fingerprint density at radius 2 is 1.15 bits per heavy atom. The van der Waals surface area contributed by atoms with E-state index in [1.807, 2.05) is 26.0 Å². The van der Waals surface area contributed by atoms with Gasteiger partial charge in [0.25, 0.3) is 0 Å². The number of benzene rings is 3. The Kier molecular flexibility index (Phi) is 7.87. The molecule has 0 heterocycles. The van der Waals surface area contributed by atoms with Crippen LogP contribution >= 0.6 is 11.6 Å². The van der Waals surface area contributed by atoms with Crippen LogP contribution in [0.2, 0.25) is 5.02 Å². The average Bonchev–Trinajstić information content (AvgIpc) is 2.94. The van der Waals surface area contributed by atoms with Crippen LogP contribution in [-0.2, 0) is 19.2 Å². The van der Waals surface area contributed by atoms with Crippen LogP contribution in [0.25, 0.3) is 21.5 Å². The van der Waals surface area contributed by atoms with E-state index in [4.69, 9.17) is 21.1 Å². The summed E-state index contributed by atoms with van der Waals surface area (Å²) in [6.45, 7) is 3.67. The van der Waals surface area contributed by atoms with Gasteiger partial charge in [0.05, 0.1) is 28.7 Å². The molecule has 3 aromatic carbocycles. The van der Waals surface area contributed by atoms with Gasteiger partial charge in [-0.05, 0) is 45.6 Å². The molecule has 0 aliphatic heterocycles. The molecule has 0 bridgehead atoms. The standard InChI is InChI=1S/C32H29ClO8/c1-16-10-12-20(23(14-16)29(34)35)31(38)40-27-18-6-3-4-7-19(18)28(26-22(27)8-5-9-25(26)33)41-32(39)21-13-11-17(2)15-24(21)30(36)37/h3-11,20-21,23-24H,12-15H2,1-2H3,(H,34,35)(H,36,37). The summed E-state index contributed by atoms with van der Waals surface area (Å²) in [4.78, 5) is 50.9. The van der Waals surface area contributed by atoms with Crippen molar-refractivity contribution in [3.8, 4) is 11.5 Å². The third-order valence-electron chi connectivity index (χ3n) is 8.04. The number of allylic oxidation sites excluding steroid dienone is 4. The van der Waals surface area contributed by atoms with Crippen LogP contribution < -0.4 is 9.47 Å². The lowest BCUT2D eigenvalue weighted by Crippen LogP contribution is -2.35. The third kappa shape index (κ3) is 5.44. The topological polar surface area (TPSA) is 127 Å². The lowest BCUT2D eigenvalue weighted by Gasteiger charge is -2.27. The predicted molar refractivity (Wildman–Crippen MR) is 153 cm³/mol. The Bertz CT molecular complexity index is 1650. The van der Waals surface area contributed by atoms with E-state index >= 15 is 0 Å². The number of ether oxygens (including phenoxy) is 2. The number of rotatable bonds is 6. The minimum atomic E-state index is -1.07. The van der Waals surface area contributed by atoms with E-state index < -0.39 is 47.5 Å². The van der Waals surface area contributed by atoms with Gasteiger partial charge in [-0.1, -0.05) is 71.3 Å². The molecule has 0 aromatic heterocycles. The zero-order valence-electron chi connectivity index (χ0n) is 22.6. The van der Waals surface area contributed by atoms with Crippen LogP contribution in [0, 0.1) is 23.7 Å². The van der Waals surface area contributed by atoms with Gasteiger partial charge in [0.15, 0.2) is 0 Å². The van der Waals surface area contributed by atoms with E-state index in [0.29, 0.717) is 21.5 Å². The number of halogens is 1. The Morgan fingerprint density at radius 1 is 0.683 bits per heavy atom. The van der Waals surface area contributed by atoms with Gasteiger partial charge >= 0.3 is 23.9 Å². The number of hydrogen-bond acceptors (Lipinski definition) is 6. The van der Waals surface area contributed by atoms with Crippen molar-refractivity contribution in [2.45, 2.75) is 39.5 Å². The van der Waals surface area contributed by atoms with Gasteiger partial charge in [-0.2, -0.15) is 0 Å². The maximum atomic E-state index is 13.5. The second kappa shape index (κ2) is 11.4. The number of carbonyl (C=O) groups is 4. The van der Waals surface area contributed by atoms with Crippen molar-refractivity contribution in [3.05, 3.63) is 70.8 Å². The summed E-state index contributed by atoms with van der Waals surface area (Å²) >= 11 is 6.65. The fraction of sp³-hybridized carbons (Fsp3) is 0.312. The molecular formula is C32H29ClO8. The molecular weight excluding hydrogens is 548 g/mol. The molecule has 8 nitrogen and oxygen atoms in total. The zero-order chi connectivity index (χ0) is 29.4. The molecule has 4 unspecified atom stereocenters. The lowest BCUT2D eigenvalue weighted by atomic mass is 9.80. The van der Waals surface area contributed by atoms with Gasteiger partial charge in [0.1, 0.15) is 11.5 Å². The van der Waals surface area contributed by atoms with E-state index in [2.05, 4.69) is 0 Å². The number of fused-ring (bicyclic) bond motifs is 2. The number of carboxylic acids is 2. The lowest BCUT2D eigenvalue weighted by molar-refractivity contribution is -0.152. The van der Waals surface area contributed by atoms with Crippen LogP contribution in [0.3, 0.4) is 0 Å². The Hall–Kier alpha value is -4.17. The van der Waals surface area contributed by atoms with Crippen molar-refractivity contribution in [2.75, 3.05) is 0 Å². The molecule has 0 saturated heterocycles. The van der Waals surface area contributed by atoms with Crippen LogP contribution in [0.15, 0.2) is 65.8 Å². The van der Waals surface area contributed by atoms with Crippen molar-refractivity contribution < 1.29 is 38.9 Å². The first-order valence-corrected chi connectivity index (χ1v) is 13.8. The molecule has 0 spiro atoms. The SMILES string of the molecule is CC1=CCC(C(=O)Oc2c3ccccc3c(OC(=O)C3CC=C(C)CC3C(=O)O)c3c(Cl)cccc23)C(C(=O)O)C1. The number of aliphatic carboxylic acids is 2. The van der Waals surface area contributed by atoms with Crippen LogP contribution in [-0.4, -0.2) is 34.1 Å². The molecule has 0 fully saturated rings. The highest BCUT2D eigenvalue weighted by Crippen LogP contribution is 2.47. The fourth-order valence-corrected chi connectivity index (χ4v) is 6.10. The van der Waals surface area contributed by atoms with Crippen molar-refractivity contribution in [1.82, 2.24) is 0 Å². The van der Waals surface area contributed by atoms with Crippen molar-refractivity contribution in [2.24, 2.45) is 23.7 Å². The van der Waals surface area contributed by atoms with Crippen LogP contribution in [0.5, 0.6) is 11.5 Å². The Morgan fingerprint density at radius 3 is 1.66 bits per heavy atom. The average molecular weight is 577 g/mol. The van der Waals surface area contributed by atoms with Gasteiger partial charge in [-0.15, -0.1) is 0 Å². The monoisotopic (exact) mass is 576 g/mol. The minimum absolute atomic E-state index is 0.140. The quantitative estimate of drug-likeness (QED) is 0.146. The summed E-state index contributed by atoms with van der Waals surface area (Å²) < 4.78 is 11.9. The minimum Gasteiger partial charge on any atom is -0.481 e. The zero-order valence-corrected chi connectivity index (χ0v) is 23.3. The van der Waals surface area contributed by atoms with Gasteiger partial charge in [0.2, 0.25) is 0 Å². The van der Waals surface area contributed by atoms with Gasteiger partial charge < -0.3 is 19.7 Å². The number of carbonyl (C=O) groups excluding carboxylic acids is 2. The smallest absolute Gasteiger partial charge is 0.315 e. The molecule has 4 atom stereocenters. The number of carboxylic acid groups (broad SMARTS) is 2. The van der Waals surface area contributed by atoms with Gasteiger partial charge in [0, 0.05) is 21.5 Å². The Labute approximate surface area is 241 Å². The maximum Gasteiger partial charge on any atom is 0.315 e. The Balaban J connectivity index is 1.60. The molecule has 5 rings (SSSR count). The first kappa shape index (κ1) is 28.4. The van der Waals surface area contributed by atoms with Crippen molar-refractivity contribution in [1.29, 1.82) is 0 Å². The van der Waals surface area contributed by atoms with E-state index in [0.717, 1.165) is 11.1 Å². The van der Waals surface area contributed by atoms with Crippen molar-refractivity contribution in [3.63, 3.8) is 0 Å². The highest BCUT2D eigenvalue weighted by molar-refractivity contribution is 6.37. The number of esters is 2. The summed E-state index contributed by atoms with van der Waals surface area (Å²) in [5.41, 5.74) is 1.81. The molecule has 0 radical (unpaired) electrons. The molecule has 9 heteroatoms. The molecule has 2 aliphatic rings.